The number of rotatable bonds is 2. The van der Waals surface area contributed by atoms with E-state index < -0.39 is 0 Å². The summed E-state index contributed by atoms with van der Waals surface area (Å²) in [4.78, 5) is 15.9. The number of hydrogen-bond donors (Lipinski definition) is 2. The van der Waals surface area contributed by atoms with Gasteiger partial charge in [0.25, 0.3) is 5.91 Å². The van der Waals surface area contributed by atoms with E-state index in [-0.39, 0.29) is 11.0 Å². The molecule has 6 heteroatoms. The molecule has 0 aliphatic heterocycles. The van der Waals surface area contributed by atoms with Crippen molar-refractivity contribution in [1.29, 1.82) is 0 Å². The van der Waals surface area contributed by atoms with E-state index in [1.165, 1.54) is 6.20 Å². The van der Waals surface area contributed by atoms with E-state index >= 15 is 0 Å². The van der Waals surface area contributed by atoms with Crippen molar-refractivity contribution in [3.05, 3.63) is 58.3 Å². The van der Waals surface area contributed by atoms with E-state index in [2.05, 4.69) is 31.5 Å². The number of aryl methyl sites for hydroxylation is 1. The quantitative estimate of drug-likeness (QED) is 0.817. The largest absolute Gasteiger partial charge is 0.332 e. The molecular formula is C14H12BrN3OS. The maximum atomic E-state index is 12.0. The molecule has 1 aromatic carbocycles. The third-order valence-corrected chi connectivity index (χ3v) is 3.14. The molecule has 1 aromatic heterocycles. The highest BCUT2D eigenvalue weighted by Crippen LogP contribution is 2.10. The fourth-order valence-corrected chi connectivity index (χ4v) is 2.09. The lowest BCUT2D eigenvalue weighted by atomic mass is 10.2. The monoisotopic (exact) mass is 349 g/mol. The van der Waals surface area contributed by atoms with Gasteiger partial charge >= 0.3 is 0 Å². The Morgan fingerprint density at radius 2 is 1.95 bits per heavy atom. The van der Waals surface area contributed by atoms with Crippen LogP contribution in [0.15, 0.2) is 47.2 Å². The number of benzene rings is 1. The number of pyridine rings is 1. The number of halogens is 1. The molecule has 1 heterocycles. The molecule has 102 valence electrons. The standard InChI is InChI=1S/C14H12BrN3OS/c1-9-2-4-12(5-3-9)17-14(20)18-13(19)10-6-11(15)8-16-7-10/h2-8H,1H3,(H2,17,18,19,20). The van der Waals surface area contributed by atoms with Crippen molar-refractivity contribution in [3.8, 4) is 0 Å². The first-order chi connectivity index (χ1) is 9.54. The van der Waals surface area contributed by atoms with Gasteiger partial charge in [0.1, 0.15) is 0 Å². The van der Waals surface area contributed by atoms with Crippen LogP contribution in [0.25, 0.3) is 0 Å². The Kier molecular flexibility index (Phi) is 4.81. The van der Waals surface area contributed by atoms with Crippen LogP contribution in [0.2, 0.25) is 0 Å². The van der Waals surface area contributed by atoms with Crippen LogP contribution in [0, 0.1) is 6.92 Å². The summed E-state index contributed by atoms with van der Waals surface area (Å²) >= 11 is 8.37. The third-order valence-electron chi connectivity index (χ3n) is 2.50. The van der Waals surface area contributed by atoms with Gasteiger partial charge < -0.3 is 5.32 Å². The molecule has 2 rings (SSSR count). The fraction of sp³-hybridized carbons (Fsp3) is 0.0714. The van der Waals surface area contributed by atoms with Crippen LogP contribution < -0.4 is 10.6 Å². The zero-order valence-corrected chi connectivity index (χ0v) is 13.1. The summed E-state index contributed by atoms with van der Waals surface area (Å²) in [6.45, 7) is 2.00. The molecule has 0 unspecified atom stereocenters. The van der Waals surface area contributed by atoms with E-state index in [0.717, 1.165) is 15.7 Å². The van der Waals surface area contributed by atoms with E-state index in [9.17, 15) is 4.79 Å². The van der Waals surface area contributed by atoms with E-state index in [4.69, 9.17) is 12.2 Å². The lowest BCUT2D eigenvalue weighted by Gasteiger charge is -2.09. The smallest absolute Gasteiger partial charge is 0.259 e. The lowest BCUT2D eigenvalue weighted by Crippen LogP contribution is -2.34. The second kappa shape index (κ2) is 6.58. The summed E-state index contributed by atoms with van der Waals surface area (Å²) in [5.74, 6) is -0.302. The Morgan fingerprint density at radius 1 is 1.25 bits per heavy atom. The van der Waals surface area contributed by atoms with Gasteiger partial charge in [0.05, 0.1) is 5.56 Å². The van der Waals surface area contributed by atoms with Crippen molar-refractivity contribution < 1.29 is 4.79 Å². The highest BCUT2D eigenvalue weighted by molar-refractivity contribution is 9.10. The normalized spacial score (nSPS) is 9.90. The Balaban J connectivity index is 1.97. The van der Waals surface area contributed by atoms with Gasteiger partial charge in [-0.25, -0.2) is 0 Å². The lowest BCUT2D eigenvalue weighted by molar-refractivity contribution is 0.0977. The molecule has 0 aliphatic carbocycles. The summed E-state index contributed by atoms with van der Waals surface area (Å²) in [6, 6.07) is 9.40. The Morgan fingerprint density at radius 3 is 2.60 bits per heavy atom. The summed E-state index contributed by atoms with van der Waals surface area (Å²) in [5.41, 5.74) is 2.42. The first-order valence-corrected chi connectivity index (χ1v) is 7.04. The first-order valence-electron chi connectivity index (χ1n) is 5.84. The summed E-state index contributed by atoms with van der Waals surface area (Å²) in [7, 11) is 0. The second-order valence-corrected chi connectivity index (χ2v) is 5.49. The zero-order chi connectivity index (χ0) is 14.5. The number of thiocarbonyl (C=S) groups is 1. The van der Waals surface area contributed by atoms with E-state index in [1.54, 1.807) is 12.3 Å². The zero-order valence-electron chi connectivity index (χ0n) is 10.7. The summed E-state index contributed by atoms with van der Waals surface area (Å²) < 4.78 is 0.738. The van der Waals surface area contributed by atoms with Crippen molar-refractivity contribution >= 4 is 44.9 Å². The van der Waals surface area contributed by atoms with Crippen LogP contribution in [0.1, 0.15) is 15.9 Å². The van der Waals surface area contributed by atoms with Crippen LogP contribution in [0.3, 0.4) is 0 Å². The number of nitrogens with zero attached hydrogens (tertiary/aromatic N) is 1. The number of amides is 1. The fourth-order valence-electron chi connectivity index (χ4n) is 1.51. The Hall–Kier alpha value is -1.79. The van der Waals surface area contributed by atoms with Crippen LogP contribution >= 0.6 is 28.1 Å². The Bertz CT molecular complexity index is 643. The maximum absolute atomic E-state index is 12.0. The topological polar surface area (TPSA) is 54.0 Å². The second-order valence-electron chi connectivity index (χ2n) is 4.17. The Labute approximate surface area is 130 Å². The predicted octanol–water partition coefficient (Wildman–Crippen LogP) is 3.28. The van der Waals surface area contributed by atoms with Gasteiger partial charge in [-0.3, -0.25) is 15.1 Å². The molecule has 20 heavy (non-hydrogen) atoms. The minimum Gasteiger partial charge on any atom is -0.332 e. The molecule has 0 radical (unpaired) electrons. The highest BCUT2D eigenvalue weighted by atomic mass is 79.9. The van der Waals surface area contributed by atoms with Crippen molar-refractivity contribution in [2.24, 2.45) is 0 Å². The number of hydrogen-bond acceptors (Lipinski definition) is 3. The number of aromatic nitrogens is 1. The van der Waals surface area contributed by atoms with Gasteiger partial charge in [-0.1, -0.05) is 17.7 Å². The molecule has 0 aliphatic rings. The van der Waals surface area contributed by atoms with Crippen molar-refractivity contribution in [1.82, 2.24) is 10.3 Å². The van der Waals surface area contributed by atoms with Gasteiger partial charge in [-0.05, 0) is 53.3 Å². The van der Waals surface area contributed by atoms with E-state index in [0.29, 0.717) is 5.56 Å². The molecule has 0 atom stereocenters. The molecule has 2 aromatic rings. The molecule has 4 nitrogen and oxygen atoms in total. The molecule has 0 saturated carbocycles. The minimum atomic E-state index is -0.302. The molecule has 0 spiro atoms. The molecule has 0 fully saturated rings. The number of nitrogens with one attached hydrogen (secondary N) is 2. The predicted molar refractivity (Wildman–Crippen MR) is 86.8 cm³/mol. The minimum absolute atomic E-state index is 0.249. The molecule has 1 amide bonds. The van der Waals surface area contributed by atoms with Gasteiger partial charge in [-0.15, -0.1) is 0 Å². The average molecular weight is 350 g/mol. The third kappa shape index (κ3) is 4.11. The first kappa shape index (κ1) is 14.6. The van der Waals surface area contributed by atoms with Gasteiger partial charge in [-0.2, -0.15) is 0 Å². The van der Waals surface area contributed by atoms with Crippen LogP contribution in [0.5, 0.6) is 0 Å². The molecule has 0 saturated heterocycles. The van der Waals surface area contributed by atoms with Crippen LogP contribution in [-0.2, 0) is 0 Å². The average Bonchev–Trinajstić information content (AvgIpc) is 2.41. The SMILES string of the molecule is Cc1ccc(NC(=S)NC(=O)c2cncc(Br)c2)cc1. The van der Waals surface area contributed by atoms with E-state index in [1.807, 2.05) is 31.2 Å². The van der Waals surface area contributed by atoms with Crippen molar-refractivity contribution in [2.75, 3.05) is 5.32 Å². The molecule has 0 bridgehead atoms. The van der Waals surface area contributed by atoms with Gasteiger partial charge in [0, 0.05) is 22.6 Å². The van der Waals surface area contributed by atoms with Crippen molar-refractivity contribution in [3.63, 3.8) is 0 Å². The van der Waals surface area contributed by atoms with Crippen LogP contribution in [-0.4, -0.2) is 16.0 Å². The summed E-state index contributed by atoms with van der Waals surface area (Å²) in [5, 5.41) is 5.81. The number of carbonyl (C=O) groups excluding carboxylic acids is 1. The molecule has 2 N–H and O–H groups in total. The highest BCUT2D eigenvalue weighted by Gasteiger charge is 2.08. The molecular weight excluding hydrogens is 338 g/mol. The van der Waals surface area contributed by atoms with Crippen LogP contribution in [0.4, 0.5) is 5.69 Å². The number of carbonyl (C=O) groups is 1. The number of anilines is 1. The van der Waals surface area contributed by atoms with Gasteiger partial charge in [0.15, 0.2) is 5.11 Å². The maximum Gasteiger partial charge on any atom is 0.259 e. The van der Waals surface area contributed by atoms with Crippen molar-refractivity contribution in [2.45, 2.75) is 6.92 Å². The van der Waals surface area contributed by atoms with Gasteiger partial charge in [0.2, 0.25) is 0 Å². The summed E-state index contributed by atoms with van der Waals surface area (Å²) in [6.07, 6.45) is 3.09.